The highest BCUT2D eigenvalue weighted by Gasteiger charge is 2.39. The molecule has 0 N–H and O–H groups in total. The van der Waals surface area contributed by atoms with Gasteiger partial charge in [-0.1, -0.05) is 64.3 Å². The van der Waals surface area contributed by atoms with E-state index in [0.29, 0.717) is 10.8 Å². The van der Waals surface area contributed by atoms with Crippen LogP contribution in [0.5, 0.6) is 0 Å². The molecule has 15 heavy (non-hydrogen) atoms. The lowest BCUT2D eigenvalue weighted by Crippen LogP contribution is -2.35. The molecule has 0 heterocycles. The van der Waals surface area contributed by atoms with Gasteiger partial charge in [0.2, 0.25) is 0 Å². The first-order valence-corrected chi connectivity index (χ1v) is 6.32. The van der Waals surface area contributed by atoms with Crippen LogP contribution in [0.25, 0.3) is 0 Å². The van der Waals surface area contributed by atoms with E-state index in [9.17, 15) is 0 Å². The fourth-order valence-electron chi connectivity index (χ4n) is 2.70. The molecular formula is C15H26. The molecule has 1 saturated carbocycles. The second kappa shape index (κ2) is 5.01. The van der Waals surface area contributed by atoms with E-state index < -0.39 is 0 Å². The van der Waals surface area contributed by atoms with Crippen molar-refractivity contribution in [2.75, 3.05) is 0 Å². The summed E-state index contributed by atoms with van der Waals surface area (Å²) in [6, 6.07) is 0. The molecule has 0 spiro atoms. The lowest BCUT2D eigenvalue weighted by molar-refractivity contribution is 0.0928. The number of allylic oxidation sites excluding steroid dienone is 4. The van der Waals surface area contributed by atoms with Crippen LogP contribution in [0, 0.1) is 10.8 Å². The predicted molar refractivity (Wildman–Crippen MR) is 68.9 cm³/mol. The van der Waals surface area contributed by atoms with E-state index in [1.807, 2.05) is 0 Å². The standard InChI is InChI=1S/C15H26/c1-5-6-8-11-15(14(2,3)4)12-9-7-10-13-15/h5-6,8,11H,7,9-10,12-13H2,1-4H3. The Labute approximate surface area is 95.5 Å². The Morgan fingerprint density at radius 1 is 0.933 bits per heavy atom. The summed E-state index contributed by atoms with van der Waals surface area (Å²) in [5.41, 5.74) is 0.830. The molecule has 0 aromatic rings. The molecule has 0 amide bonds. The zero-order valence-corrected chi connectivity index (χ0v) is 10.8. The van der Waals surface area contributed by atoms with Gasteiger partial charge >= 0.3 is 0 Å². The molecule has 1 rings (SSSR count). The molecule has 0 aromatic heterocycles. The highest BCUT2D eigenvalue weighted by Crippen LogP contribution is 2.50. The maximum absolute atomic E-state index is 2.46. The molecule has 1 aliphatic rings. The van der Waals surface area contributed by atoms with Gasteiger partial charge in [-0.3, -0.25) is 0 Å². The fourth-order valence-corrected chi connectivity index (χ4v) is 2.70. The maximum Gasteiger partial charge on any atom is -0.00666 e. The third-order valence-corrected chi connectivity index (χ3v) is 3.96. The number of hydrogen-bond donors (Lipinski definition) is 0. The molecule has 0 unspecified atom stereocenters. The summed E-state index contributed by atoms with van der Waals surface area (Å²) >= 11 is 0. The molecule has 0 bridgehead atoms. The van der Waals surface area contributed by atoms with Crippen LogP contribution in [-0.2, 0) is 0 Å². The maximum atomic E-state index is 2.46. The molecule has 86 valence electrons. The predicted octanol–water partition coefficient (Wildman–Crippen LogP) is 5.12. The molecule has 0 heteroatoms. The van der Waals surface area contributed by atoms with Crippen molar-refractivity contribution < 1.29 is 0 Å². The summed E-state index contributed by atoms with van der Waals surface area (Å²) in [7, 11) is 0. The zero-order chi connectivity index (χ0) is 11.4. The second-order valence-corrected chi connectivity index (χ2v) is 5.85. The highest BCUT2D eigenvalue weighted by molar-refractivity contribution is 5.12. The minimum atomic E-state index is 0.394. The molecule has 0 aromatic carbocycles. The van der Waals surface area contributed by atoms with Gasteiger partial charge in [-0.25, -0.2) is 0 Å². The first kappa shape index (κ1) is 12.5. The first-order chi connectivity index (χ1) is 7.02. The monoisotopic (exact) mass is 206 g/mol. The Balaban J connectivity index is 2.85. The zero-order valence-electron chi connectivity index (χ0n) is 10.8. The molecule has 1 aliphatic carbocycles. The van der Waals surface area contributed by atoms with Crippen molar-refractivity contribution >= 4 is 0 Å². The van der Waals surface area contributed by atoms with Gasteiger partial charge in [-0.05, 0) is 30.6 Å². The van der Waals surface area contributed by atoms with Crippen molar-refractivity contribution in [3.05, 3.63) is 24.3 Å². The van der Waals surface area contributed by atoms with Crippen molar-refractivity contribution in [3.8, 4) is 0 Å². The molecule has 0 aliphatic heterocycles. The average Bonchev–Trinajstić information content (AvgIpc) is 2.18. The fraction of sp³-hybridized carbons (Fsp3) is 0.733. The van der Waals surface area contributed by atoms with Crippen molar-refractivity contribution in [1.82, 2.24) is 0 Å². The van der Waals surface area contributed by atoms with Gasteiger partial charge in [-0.2, -0.15) is 0 Å². The number of rotatable bonds is 2. The van der Waals surface area contributed by atoms with E-state index in [2.05, 4.69) is 52.0 Å². The highest BCUT2D eigenvalue weighted by atomic mass is 14.4. The van der Waals surface area contributed by atoms with Crippen molar-refractivity contribution in [1.29, 1.82) is 0 Å². The minimum Gasteiger partial charge on any atom is -0.0877 e. The Morgan fingerprint density at radius 3 is 2.00 bits per heavy atom. The van der Waals surface area contributed by atoms with Gasteiger partial charge in [0.05, 0.1) is 0 Å². The van der Waals surface area contributed by atoms with Crippen molar-refractivity contribution in [2.24, 2.45) is 10.8 Å². The van der Waals surface area contributed by atoms with E-state index in [-0.39, 0.29) is 0 Å². The van der Waals surface area contributed by atoms with E-state index in [0.717, 1.165) is 0 Å². The van der Waals surface area contributed by atoms with Crippen LogP contribution in [-0.4, -0.2) is 0 Å². The molecular weight excluding hydrogens is 180 g/mol. The van der Waals surface area contributed by atoms with Gasteiger partial charge in [0, 0.05) is 0 Å². The van der Waals surface area contributed by atoms with Crippen LogP contribution in [0.1, 0.15) is 59.8 Å². The summed E-state index contributed by atoms with van der Waals surface area (Å²) in [5, 5.41) is 0. The van der Waals surface area contributed by atoms with Crippen LogP contribution >= 0.6 is 0 Å². The van der Waals surface area contributed by atoms with E-state index >= 15 is 0 Å². The van der Waals surface area contributed by atoms with Crippen molar-refractivity contribution in [2.45, 2.75) is 59.8 Å². The Morgan fingerprint density at radius 2 is 1.53 bits per heavy atom. The van der Waals surface area contributed by atoms with E-state index in [1.165, 1.54) is 32.1 Å². The van der Waals surface area contributed by atoms with Gasteiger partial charge in [0.1, 0.15) is 0 Å². The van der Waals surface area contributed by atoms with Crippen LogP contribution in [0.4, 0.5) is 0 Å². The molecule has 0 atom stereocenters. The quantitative estimate of drug-likeness (QED) is 0.550. The topological polar surface area (TPSA) is 0 Å². The van der Waals surface area contributed by atoms with Crippen molar-refractivity contribution in [3.63, 3.8) is 0 Å². The third-order valence-electron chi connectivity index (χ3n) is 3.96. The summed E-state index contributed by atoms with van der Waals surface area (Å²) < 4.78 is 0. The first-order valence-electron chi connectivity index (χ1n) is 6.32. The summed E-state index contributed by atoms with van der Waals surface area (Å²) in [4.78, 5) is 0. The lowest BCUT2D eigenvalue weighted by atomic mass is 9.59. The summed E-state index contributed by atoms with van der Waals surface area (Å²) in [5.74, 6) is 0. The van der Waals surface area contributed by atoms with Gasteiger partial charge in [0.25, 0.3) is 0 Å². The van der Waals surface area contributed by atoms with E-state index in [4.69, 9.17) is 0 Å². The van der Waals surface area contributed by atoms with Crippen LogP contribution in [0.2, 0.25) is 0 Å². The molecule has 0 radical (unpaired) electrons. The minimum absolute atomic E-state index is 0.394. The van der Waals surface area contributed by atoms with Crippen LogP contribution in [0.15, 0.2) is 24.3 Å². The lowest BCUT2D eigenvalue weighted by Gasteiger charge is -2.45. The van der Waals surface area contributed by atoms with Crippen LogP contribution in [0.3, 0.4) is 0 Å². The summed E-state index contributed by atoms with van der Waals surface area (Å²) in [6.45, 7) is 9.24. The largest absolute Gasteiger partial charge is 0.0877 e. The average molecular weight is 206 g/mol. The summed E-state index contributed by atoms with van der Waals surface area (Å²) in [6.07, 6.45) is 15.9. The number of hydrogen-bond acceptors (Lipinski definition) is 0. The van der Waals surface area contributed by atoms with Gasteiger partial charge in [-0.15, -0.1) is 0 Å². The third kappa shape index (κ3) is 2.96. The molecule has 1 fully saturated rings. The SMILES string of the molecule is CC=CC=CC1(C(C)(C)C)CCCCC1. The molecule has 0 saturated heterocycles. The van der Waals surface area contributed by atoms with E-state index in [1.54, 1.807) is 0 Å². The Kier molecular flexibility index (Phi) is 4.19. The molecule has 0 nitrogen and oxygen atoms in total. The Hall–Kier alpha value is -0.520. The smallest absolute Gasteiger partial charge is 0.00666 e. The second-order valence-electron chi connectivity index (χ2n) is 5.85. The van der Waals surface area contributed by atoms with Gasteiger partial charge < -0.3 is 0 Å². The van der Waals surface area contributed by atoms with Crippen LogP contribution < -0.4 is 0 Å². The Bertz CT molecular complexity index is 231. The normalized spacial score (nSPS) is 22.7. The van der Waals surface area contributed by atoms with Gasteiger partial charge in [0.15, 0.2) is 0 Å².